The van der Waals surface area contributed by atoms with Gasteiger partial charge in [0.25, 0.3) is 5.91 Å². The number of fused-ring (bicyclic) bond motifs is 1. The molecule has 0 radical (unpaired) electrons. The maximum absolute atomic E-state index is 12.5. The number of carbonyl (C=O) groups is 1. The van der Waals surface area contributed by atoms with Gasteiger partial charge in [0.1, 0.15) is 30.0 Å². The highest BCUT2D eigenvalue weighted by atomic mass is 16.6. The number of ether oxygens (including phenoxy) is 2. The predicted molar refractivity (Wildman–Crippen MR) is 114 cm³/mol. The van der Waals surface area contributed by atoms with E-state index in [2.05, 4.69) is 20.4 Å². The first-order valence-electron chi connectivity index (χ1n) is 10.3. The van der Waals surface area contributed by atoms with Crippen LogP contribution in [0.5, 0.6) is 0 Å². The van der Waals surface area contributed by atoms with Crippen molar-refractivity contribution in [2.45, 2.75) is 44.5 Å². The number of anilines is 1. The highest BCUT2D eigenvalue weighted by Crippen LogP contribution is 2.37. The number of nitrogen functional groups attached to an aromatic ring is 1. The lowest BCUT2D eigenvalue weighted by Crippen LogP contribution is -2.43. The van der Waals surface area contributed by atoms with Gasteiger partial charge in [0.15, 0.2) is 12.3 Å². The number of aryl methyl sites for hydroxylation is 1. The lowest BCUT2D eigenvalue weighted by molar-refractivity contribution is -0.137. The van der Waals surface area contributed by atoms with Gasteiger partial charge >= 0.3 is 0 Å². The summed E-state index contributed by atoms with van der Waals surface area (Å²) in [5, 5.41) is 28.8. The van der Waals surface area contributed by atoms with Crippen LogP contribution in [0.1, 0.15) is 20.1 Å². The molecule has 5 N–H and O–H groups in total. The van der Waals surface area contributed by atoms with Gasteiger partial charge in [-0.2, -0.15) is 5.10 Å². The van der Waals surface area contributed by atoms with Crippen molar-refractivity contribution < 1.29 is 24.5 Å². The summed E-state index contributed by atoms with van der Waals surface area (Å²) in [7, 11) is 1.79. The van der Waals surface area contributed by atoms with E-state index in [1.807, 2.05) is 19.9 Å². The lowest BCUT2D eigenvalue weighted by atomic mass is 10.1. The van der Waals surface area contributed by atoms with Crippen LogP contribution < -0.4 is 11.1 Å². The van der Waals surface area contributed by atoms with Gasteiger partial charge in [-0.3, -0.25) is 9.48 Å². The van der Waals surface area contributed by atoms with E-state index in [1.54, 1.807) is 28.7 Å². The molecule has 4 atom stereocenters. The fraction of sp³-hybridized carbons (Fsp3) is 0.500. The molecule has 12 nitrogen and oxygen atoms in total. The predicted octanol–water partition coefficient (Wildman–Crippen LogP) is -0.426. The van der Waals surface area contributed by atoms with Gasteiger partial charge in [-0.05, 0) is 19.9 Å². The first-order chi connectivity index (χ1) is 15.3. The van der Waals surface area contributed by atoms with Crippen molar-refractivity contribution in [2.75, 3.05) is 18.9 Å². The maximum atomic E-state index is 12.5. The zero-order valence-corrected chi connectivity index (χ0v) is 18.0. The summed E-state index contributed by atoms with van der Waals surface area (Å²) in [6.45, 7) is 4.36. The Balaban J connectivity index is 1.62. The van der Waals surface area contributed by atoms with Crippen molar-refractivity contribution in [1.29, 1.82) is 0 Å². The SMILES string of the molecule is CC(C)OCCNC(=O)[C@H]1O[C@@H](n2cc(-c3ccn(C)n3)c3c(N)ncnc32)[C@H](O)[C@@H]1O. The molecular formula is C20H27N7O5. The summed E-state index contributed by atoms with van der Waals surface area (Å²) < 4.78 is 14.4. The molecule has 1 saturated heterocycles. The van der Waals surface area contributed by atoms with Crippen LogP contribution in [-0.4, -0.2) is 78.0 Å². The largest absolute Gasteiger partial charge is 0.387 e. The maximum Gasteiger partial charge on any atom is 0.252 e. The Labute approximate surface area is 184 Å². The van der Waals surface area contributed by atoms with Crippen LogP contribution in [0, 0.1) is 0 Å². The van der Waals surface area contributed by atoms with Gasteiger partial charge in [0.2, 0.25) is 0 Å². The van der Waals surface area contributed by atoms with Crippen LogP contribution in [0.25, 0.3) is 22.3 Å². The summed E-state index contributed by atoms with van der Waals surface area (Å²) in [4.78, 5) is 20.9. The van der Waals surface area contributed by atoms with Gasteiger partial charge in [0.05, 0.1) is 23.8 Å². The Morgan fingerprint density at radius 2 is 2.12 bits per heavy atom. The average molecular weight is 445 g/mol. The number of nitrogens with two attached hydrogens (primary N) is 1. The highest BCUT2D eigenvalue weighted by Gasteiger charge is 2.47. The second kappa shape index (κ2) is 8.82. The topological polar surface area (TPSA) is 163 Å². The van der Waals surface area contributed by atoms with Crippen LogP contribution in [0.4, 0.5) is 5.82 Å². The molecule has 3 aromatic rings. The van der Waals surface area contributed by atoms with E-state index in [0.717, 1.165) is 0 Å². The van der Waals surface area contributed by atoms with Crippen molar-refractivity contribution in [1.82, 2.24) is 29.6 Å². The minimum Gasteiger partial charge on any atom is -0.387 e. The Morgan fingerprint density at radius 1 is 1.34 bits per heavy atom. The van der Waals surface area contributed by atoms with Crippen LogP contribution >= 0.6 is 0 Å². The average Bonchev–Trinajstić information content (AvgIpc) is 3.42. The fourth-order valence-electron chi connectivity index (χ4n) is 3.73. The molecule has 4 rings (SSSR count). The fourth-order valence-corrected chi connectivity index (χ4v) is 3.73. The zero-order chi connectivity index (χ0) is 23.0. The molecule has 1 aliphatic rings. The van der Waals surface area contributed by atoms with Gasteiger partial charge in [-0.1, -0.05) is 0 Å². The second-order valence-electron chi connectivity index (χ2n) is 7.92. The quantitative estimate of drug-likeness (QED) is 0.354. The molecule has 0 saturated carbocycles. The number of amides is 1. The van der Waals surface area contributed by atoms with Gasteiger partial charge in [-0.25, -0.2) is 9.97 Å². The van der Waals surface area contributed by atoms with Crippen molar-refractivity contribution in [3.8, 4) is 11.3 Å². The van der Waals surface area contributed by atoms with E-state index in [-0.39, 0.29) is 18.5 Å². The Bertz CT molecular complexity index is 1110. The van der Waals surface area contributed by atoms with Crippen LogP contribution in [0.2, 0.25) is 0 Å². The lowest BCUT2D eigenvalue weighted by Gasteiger charge is -2.17. The number of aromatic nitrogens is 5. The third kappa shape index (κ3) is 4.05. The zero-order valence-electron chi connectivity index (χ0n) is 18.0. The number of carbonyl (C=O) groups excluding carboxylic acids is 1. The van der Waals surface area contributed by atoms with Crippen molar-refractivity contribution >= 4 is 22.8 Å². The molecule has 0 spiro atoms. The molecule has 0 bridgehead atoms. The number of rotatable bonds is 7. The van der Waals surface area contributed by atoms with E-state index in [4.69, 9.17) is 15.2 Å². The molecule has 32 heavy (non-hydrogen) atoms. The van der Waals surface area contributed by atoms with E-state index < -0.39 is 30.4 Å². The first kappa shape index (κ1) is 22.1. The standard InChI is InChI=1S/C20H27N7O5/c1-10(2)31-7-5-22-19(30)16-14(28)15(29)20(32-16)27-8-11(12-4-6-26(3)25-12)13-17(21)23-9-24-18(13)27/h4,6,8-10,14-16,20,28-29H,5,7H2,1-3H3,(H,22,30)(H2,21,23,24)/t14-,15+,16-,20+/m0/s1. The van der Waals surface area contributed by atoms with Crippen LogP contribution in [0.3, 0.4) is 0 Å². The first-order valence-corrected chi connectivity index (χ1v) is 10.3. The third-order valence-electron chi connectivity index (χ3n) is 5.25. The molecule has 0 aliphatic carbocycles. The summed E-state index contributed by atoms with van der Waals surface area (Å²) in [6.07, 6.45) is -0.335. The van der Waals surface area contributed by atoms with E-state index in [9.17, 15) is 15.0 Å². The van der Waals surface area contributed by atoms with E-state index in [1.165, 1.54) is 6.33 Å². The molecule has 0 unspecified atom stereocenters. The number of nitrogens with one attached hydrogen (secondary N) is 1. The Hall–Kier alpha value is -3.06. The Kier molecular flexibility index (Phi) is 6.11. The minimum atomic E-state index is -1.43. The van der Waals surface area contributed by atoms with E-state index in [0.29, 0.717) is 28.9 Å². The minimum absolute atomic E-state index is 0.0381. The van der Waals surface area contributed by atoms with Crippen molar-refractivity contribution in [2.24, 2.45) is 7.05 Å². The molecule has 12 heteroatoms. The van der Waals surface area contributed by atoms with Gasteiger partial charge in [-0.15, -0.1) is 0 Å². The Morgan fingerprint density at radius 3 is 2.81 bits per heavy atom. The smallest absolute Gasteiger partial charge is 0.252 e. The number of hydrogen-bond donors (Lipinski definition) is 4. The molecule has 1 aliphatic heterocycles. The summed E-state index contributed by atoms with van der Waals surface area (Å²) in [6, 6.07) is 1.81. The van der Waals surface area contributed by atoms with Gasteiger partial charge in [0, 0.05) is 31.5 Å². The number of nitrogens with zero attached hydrogens (tertiary/aromatic N) is 5. The monoisotopic (exact) mass is 445 g/mol. The summed E-state index contributed by atoms with van der Waals surface area (Å²) >= 11 is 0. The molecule has 172 valence electrons. The molecule has 1 fully saturated rings. The summed E-state index contributed by atoms with van der Waals surface area (Å²) in [5.41, 5.74) is 7.77. The van der Waals surface area contributed by atoms with Crippen molar-refractivity contribution in [3.63, 3.8) is 0 Å². The molecule has 1 amide bonds. The number of aliphatic hydroxyl groups is 2. The molecule has 0 aromatic carbocycles. The highest BCUT2D eigenvalue weighted by molar-refractivity contribution is 5.99. The van der Waals surface area contributed by atoms with Crippen molar-refractivity contribution in [3.05, 3.63) is 24.8 Å². The second-order valence-corrected chi connectivity index (χ2v) is 7.92. The third-order valence-corrected chi connectivity index (χ3v) is 5.25. The summed E-state index contributed by atoms with van der Waals surface area (Å²) in [5.74, 6) is -0.302. The molecule has 4 heterocycles. The van der Waals surface area contributed by atoms with Crippen LogP contribution in [0.15, 0.2) is 24.8 Å². The normalized spacial score (nSPS) is 23.3. The molecular weight excluding hydrogens is 418 g/mol. The van der Waals surface area contributed by atoms with E-state index >= 15 is 0 Å². The molecule has 3 aromatic heterocycles. The number of aliphatic hydroxyl groups excluding tert-OH is 2. The van der Waals surface area contributed by atoms with Crippen LogP contribution in [-0.2, 0) is 21.3 Å². The van der Waals surface area contributed by atoms with Gasteiger partial charge < -0.3 is 35.3 Å². The number of hydrogen-bond acceptors (Lipinski definition) is 9.